The molecule has 0 atom stereocenters. The molecule has 0 aromatic carbocycles. The third-order valence-electron chi connectivity index (χ3n) is 3.84. The second-order valence-corrected chi connectivity index (χ2v) is 5.27. The van der Waals surface area contributed by atoms with E-state index in [1.54, 1.807) is 0 Å². The summed E-state index contributed by atoms with van der Waals surface area (Å²) in [4.78, 5) is 6.34. The lowest BCUT2D eigenvalue weighted by atomic mass is 9.82. The molecule has 17 heavy (non-hydrogen) atoms. The normalized spacial score (nSPS) is 18.7. The molecule has 0 amide bonds. The molecule has 1 saturated heterocycles. The maximum Gasteiger partial charge on any atom is 0.245 e. The van der Waals surface area contributed by atoms with Gasteiger partial charge in [0, 0.05) is 13.1 Å². The Bertz CT molecular complexity index is 406. The number of rotatable bonds is 3. The van der Waals surface area contributed by atoms with Crippen molar-refractivity contribution in [2.75, 3.05) is 18.0 Å². The highest BCUT2D eigenvalue weighted by Gasteiger charge is 2.36. The smallest absolute Gasteiger partial charge is 0.245 e. The Morgan fingerprint density at radius 1 is 1.24 bits per heavy atom. The van der Waals surface area contributed by atoms with Crippen LogP contribution in [-0.2, 0) is 0 Å². The number of aromatic nitrogens is 3. The molecule has 0 spiro atoms. The van der Waals surface area contributed by atoms with Crippen molar-refractivity contribution in [3.8, 4) is 0 Å². The van der Waals surface area contributed by atoms with Gasteiger partial charge in [-0.1, -0.05) is 25.4 Å². The highest BCUT2D eigenvalue weighted by molar-refractivity contribution is 6.32. The van der Waals surface area contributed by atoms with Crippen LogP contribution >= 0.6 is 23.2 Å². The second-order valence-electron chi connectivity index (χ2n) is 4.57. The van der Waals surface area contributed by atoms with Crippen LogP contribution in [0.2, 0.25) is 10.4 Å². The number of hydrogen-bond donors (Lipinski definition) is 0. The van der Waals surface area contributed by atoms with Crippen molar-refractivity contribution < 1.29 is 0 Å². The third-order valence-corrected chi connectivity index (χ3v) is 4.25. The Hall–Kier alpha value is -0.610. The summed E-state index contributed by atoms with van der Waals surface area (Å²) in [7, 11) is 0. The molecule has 1 fully saturated rings. The molecule has 1 aliphatic heterocycles. The highest BCUT2D eigenvalue weighted by atomic mass is 35.5. The fourth-order valence-corrected chi connectivity index (χ4v) is 2.75. The van der Waals surface area contributed by atoms with E-state index in [2.05, 4.69) is 33.9 Å². The van der Waals surface area contributed by atoms with Crippen LogP contribution < -0.4 is 4.90 Å². The lowest BCUT2D eigenvalue weighted by Crippen LogP contribution is -2.27. The fourth-order valence-electron chi connectivity index (χ4n) is 2.43. The molecule has 0 radical (unpaired) electrons. The zero-order valence-corrected chi connectivity index (χ0v) is 11.6. The van der Waals surface area contributed by atoms with Gasteiger partial charge in [-0.25, -0.2) is 0 Å². The van der Waals surface area contributed by atoms with Gasteiger partial charge in [0.1, 0.15) is 0 Å². The van der Waals surface area contributed by atoms with Gasteiger partial charge in [0.15, 0.2) is 11.0 Å². The molecule has 4 nitrogen and oxygen atoms in total. The van der Waals surface area contributed by atoms with E-state index in [9.17, 15) is 0 Å². The van der Waals surface area contributed by atoms with Gasteiger partial charge >= 0.3 is 0 Å². The topological polar surface area (TPSA) is 41.9 Å². The Kier molecular flexibility index (Phi) is 3.73. The SMILES string of the molecule is CCC1(CC)CCN(c2nc(Cl)nnc2Cl)C1. The first-order chi connectivity index (χ1) is 8.10. The average Bonchev–Trinajstić information content (AvgIpc) is 2.77. The van der Waals surface area contributed by atoms with E-state index < -0.39 is 0 Å². The quantitative estimate of drug-likeness (QED) is 0.849. The molecule has 94 valence electrons. The van der Waals surface area contributed by atoms with Crippen molar-refractivity contribution in [3.05, 3.63) is 10.4 Å². The van der Waals surface area contributed by atoms with E-state index >= 15 is 0 Å². The van der Waals surface area contributed by atoms with Gasteiger partial charge in [-0.05, 0) is 36.3 Å². The Morgan fingerprint density at radius 2 is 1.94 bits per heavy atom. The molecule has 1 aromatic heterocycles. The maximum absolute atomic E-state index is 6.02. The molecule has 1 aromatic rings. The van der Waals surface area contributed by atoms with Crippen LogP contribution in [0.5, 0.6) is 0 Å². The van der Waals surface area contributed by atoms with E-state index in [0.29, 0.717) is 16.4 Å². The van der Waals surface area contributed by atoms with Crippen molar-refractivity contribution >= 4 is 29.0 Å². The summed E-state index contributed by atoms with van der Waals surface area (Å²) in [6.07, 6.45) is 3.51. The first kappa shape index (κ1) is 12.8. The van der Waals surface area contributed by atoms with Crippen LogP contribution in [0.3, 0.4) is 0 Å². The summed E-state index contributed by atoms with van der Waals surface area (Å²) in [5.41, 5.74) is 0.376. The molecule has 2 heterocycles. The standard InChI is InChI=1S/C11H16Cl2N4/c1-3-11(4-2)5-6-17(7-11)9-8(12)15-16-10(13)14-9/h3-7H2,1-2H3. The van der Waals surface area contributed by atoms with Gasteiger partial charge in [-0.2, -0.15) is 4.98 Å². The predicted molar refractivity (Wildman–Crippen MR) is 69.7 cm³/mol. The minimum absolute atomic E-state index is 0.148. The van der Waals surface area contributed by atoms with E-state index in [0.717, 1.165) is 19.5 Å². The van der Waals surface area contributed by atoms with Crippen LogP contribution in [0.15, 0.2) is 0 Å². The zero-order chi connectivity index (χ0) is 12.5. The summed E-state index contributed by atoms with van der Waals surface area (Å²) < 4.78 is 0. The number of halogens is 2. The molecule has 6 heteroatoms. The van der Waals surface area contributed by atoms with Crippen LogP contribution in [0.1, 0.15) is 33.1 Å². The second kappa shape index (κ2) is 4.94. The molecule has 1 aliphatic rings. The van der Waals surface area contributed by atoms with Gasteiger partial charge < -0.3 is 4.90 Å². The summed E-state index contributed by atoms with van der Waals surface area (Å²) in [5, 5.41) is 7.91. The summed E-state index contributed by atoms with van der Waals surface area (Å²) in [6, 6.07) is 0. The summed E-state index contributed by atoms with van der Waals surface area (Å²) in [5.74, 6) is 0.662. The molecule has 2 rings (SSSR count). The van der Waals surface area contributed by atoms with Gasteiger partial charge in [-0.15, -0.1) is 10.2 Å². The summed E-state index contributed by atoms with van der Waals surface area (Å²) in [6.45, 7) is 6.39. The molecule has 0 bridgehead atoms. The molecule has 0 saturated carbocycles. The first-order valence-corrected chi connectivity index (χ1v) is 6.66. The number of hydrogen-bond acceptors (Lipinski definition) is 4. The van der Waals surface area contributed by atoms with Crippen molar-refractivity contribution in [3.63, 3.8) is 0 Å². The van der Waals surface area contributed by atoms with Crippen LogP contribution in [-0.4, -0.2) is 28.3 Å². The van der Waals surface area contributed by atoms with Crippen LogP contribution in [0.4, 0.5) is 5.82 Å². The van der Waals surface area contributed by atoms with Gasteiger partial charge in [0.25, 0.3) is 0 Å². The molecular weight excluding hydrogens is 259 g/mol. The average molecular weight is 275 g/mol. The third kappa shape index (κ3) is 2.47. The molecular formula is C11H16Cl2N4. The van der Waals surface area contributed by atoms with Crippen LogP contribution in [0, 0.1) is 5.41 Å². The maximum atomic E-state index is 6.02. The van der Waals surface area contributed by atoms with E-state index in [4.69, 9.17) is 23.2 Å². The number of anilines is 1. The minimum atomic E-state index is 0.148. The van der Waals surface area contributed by atoms with Gasteiger partial charge in [0.05, 0.1) is 0 Å². The fraction of sp³-hybridized carbons (Fsp3) is 0.727. The molecule has 0 unspecified atom stereocenters. The summed E-state index contributed by atoms with van der Waals surface area (Å²) >= 11 is 11.8. The van der Waals surface area contributed by atoms with Crippen molar-refractivity contribution in [2.24, 2.45) is 5.41 Å². The molecule has 0 aliphatic carbocycles. The van der Waals surface area contributed by atoms with Gasteiger partial charge in [0.2, 0.25) is 5.28 Å². The van der Waals surface area contributed by atoms with Crippen molar-refractivity contribution in [2.45, 2.75) is 33.1 Å². The zero-order valence-electron chi connectivity index (χ0n) is 10.1. The van der Waals surface area contributed by atoms with E-state index in [1.807, 2.05) is 0 Å². The molecule has 0 N–H and O–H groups in total. The highest BCUT2D eigenvalue weighted by Crippen LogP contribution is 2.39. The lowest BCUT2D eigenvalue weighted by Gasteiger charge is -2.26. The van der Waals surface area contributed by atoms with Crippen LogP contribution in [0.25, 0.3) is 0 Å². The lowest BCUT2D eigenvalue weighted by molar-refractivity contribution is 0.301. The van der Waals surface area contributed by atoms with Crippen molar-refractivity contribution in [1.29, 1.82) is 0 Å². The van der Waals surface area contributed by atoms with E-state index in [-0.39, 0.29) is 5.28 Å². The Morgan fingerprint density at radius 3 is 2.53 bits per heavy atom. The largest absolute Gasteiger partial charge is 0.353 e. The number of nitrogens with zero attached hydrogens (tertiary/aromatic N) is 4. The predicted octanol–water partition coefficient (Wildman–Crippen LogP) is 3.19. The Labute approximate surface area is 111 Å². The minimum Gasteiger partial charge on any atom is -0.353 e. The Balaban J connectivity index is 2.23. The first-order valence-electron chi connectivity index (χ1n) is 5.91. The monoisotopic (exact) mass is 274 g/mol. The van der Waals surface area contributed by atoms with Crippen molar-refractivity contribution in [1.82, 2.24) is 15.2 Å². The van der Waals surface area contributed by atoms with E-state index in [1.165, 1.54) is 12.8 Å². The van der Waals surface area contributed by atoms with Gasteiger partial charge in [-0.3, -0.25) is 0 Å².